The van der Waals surface area contributed by atoms with Gasteiger partial charge in [-0.1, -0.05) is 28.9 Å². The largest absolute Gasteiger partial charge is 0.338 e. The molecule has 4 heterocycles. The van der Waals surface area contributed by atoms with Gasteiger partial charge in [-0.2, -0.15) is 11.8 Å². The van der Waals surface area contributed by atoms with Crippen molar-refractivity contribution in [1.29, 1.82) is 0 Å². The molecule has 6 nitrogen and oxygen atoms in total. The smallest absolute Gasteiger partial charge is 0.235 e. The maximum Gasteiger partial charge on any atom is 0.235 e. The normalized spacial score (nSPS) is 13.2. The Balaban J connectivity index is 1.37. The van der Waals surface area contributed by atoms with Crippen LogP contribution in [-0.2, 0) is 22.7 Å². The lowest BCUT2D eigenvalue weighted by atomic mass is 10.2. The number of amides is 1. The van der Waals surface area contributed by atoms with Gasteiger partial charge in [-0.15, -0.1) is 11.3 Å². The Bertz CT molecular complexity index is 1150. The molecule has 0 saturated heterocycles. The molecular formula is C18H13ClN4O2S2. The van der Waals surface area contributed by atoms with E-state index in [1.54, 1.807) is 11.8 Å². The topological polar surface area (TPSA) is 72.4 Å². The number of hydrogen-bond donors (Lipinski definition) is 1. The second kappa shape index (κ2) is 6.70. The molecule has 5 rings (SSSR count). The minimum absolute atomic E-state index is 0.132. The minimum Gasteiger partial charge on any atom is -0.338 e. The van der Waals surface area contributed by atoms with Crippen LogP contribution in [0.5, 0.6) is 0 Å². The van der Waals surface area contributed by atoms with Crippen LogP contribution in [0.15, 0.2) is 40.4 Å². The minimum atomic E-state index is -0.132. The lowest BCUT2D eigenvalue weighted by Crippen LogP contribution is -2.15. The third-order valence-electron chi connectivity index (χ3n) is 4.37. The third-order valence-corrected chi connectivity index (χ3v) is 6.48. The van der Waals surface area contributed by atoms with Crippen LogP contribution in [0.4, 0.5) is 5.88 Å². The number of imidazole rings is 1. The SMILES string of the molecule is O=C(Cc1csc2nc(-c3ccc(Cl)cc3)cn12)Nc1onc2c1CSC2. The summed E-state index contributed by atoms with van der Waals surface area (Å²) >= 11 is 9.23. The third kappa shape index (κ3) is 3.13. The first-order valence-electron chi connectivity index (χ1n) is 8.24. The van der Waals surface area contributed by atoms with E-state index in [2.05, 4.69) is 15.5 Å². The van der Waals surface area contributed by atoms with Crippen LogP contribution in [0.1, 0.15) is 17.0 Å². The van der Waals surface area contributed by atoms with Gasteiger partial charge < -0.3 is 4.52 Å². The fraction of sp³-hybridized carbons (Fsp3) is 0.167. The zero-order chi connectivity index (χ0) is 18.4. The molecule has 1 N–H and O–H groups in total. The Labute approximate surface area is 167 Å². The van der Waals surface area contributed by atoms with Crippen LogP contribution in [0.25, 0.3) is 16.2 Å². The van der Waals surface area contributed by atoms with Crippen LogP contribution >= 0.6 is 34.7 Å². The van der Waals surface area contributed by atoms with Gasteiger partial charge in [-0.25, -0.2) is 4.98 Å². The van der Waals surface area contributed by atoms with Gasteiger partial charge in [0.15, 0.2) is 4.96 Å². The highest BCUT2D eigenvalue weighted by molar-refractivity contribution is 7.98. The van der Waals surface area contributed by atoms with Crippen molar-refractivity contribution in [3.05, 3.63) is 57.8 Å². The summed E-state index contributed by atoms with van der Waals surface area (Å²) in [5.41, 5.74) is 4.64. The molecule has 0 unspecified atom stereocenters. The van der Waals surface area contributed by atoms with E-state index >= 15 is 0 Å². The highest BCUT2D eigenvalue weighted by Gasteiger charge is 2.23. The number of hydrogen-bond acceptors (Lipinski definition) is 6. The average Bonchev–Trinajstić information content (AvgIpc) is 3.40. The summed E-state index contributed by atoms with van der Waals surface area (Å²) in [6, 6.07) is 7.55. The number of thioether (sulfide) groups is 1. The fourth-order valence-corrected chi connectivity index (χ4v) is 5.03. The highest BCUT2D eigenvalue weighted by atomic mass is 35.5. The first-order valence-corrected chi connectivity index (χ1v) is 10.6. The molecule has 0 bridgehead atoms. The van der Waals surface area contributed by atoms with Crippen LogP contribution in [0, 0.1) is 0 Å². The van der Waals surface area contributed by atoms with Gasteiger partial charge in [-0.3, -0.25) is 14.5 Å². The number of benzene rings is 1. The summed E-state index contributed by atoms with van der Waals surface area (Å²) in [4.78, 5) is 18.0. The summed E-state index contributed by atoms with van der Waals surface area (Å²) in [6.45, 7) is 0. The van der Waals surface area contributed by atoms with Crippen molar-refractivity contribution in [3.63, 3.8) is 0 Å². The van der Waals surface area contributed by atoms with E-state index in [0.717, 1.165) is 44.7 Å². The number of halogens is 1. The molecule has 1 amide bonds. The number of thiazole rings is 1. The van der Waals surface area contributed by atoms with Crippen LogP contribution in [0.3, 0.4) is 0 Å². The summed E-state index contributed by atoms with van der Waals surface area (Å²) in [5.74, 6) is 2.00. The molecule has 0 radical (unpaired) electrons. The second-order valence-corrected chi connectivity index (χ2v) is 8.43. The van der Waals surface area contributed by atoms with E-state index in [1.165, 1.54) is 11.3 Å². The van der Waals surface area contributed by atoms with Crippen molar-refractivity contribution in [3.8, 4) is 11.3 Å². The Morgan fingerprint density at radius 2 is 2.15 bits per heavy atom. The van der Waals surface area contributed by atoms with Gasteiger partial charge in [0.2, 0.25) is 11.8 Å². The van der Waals surface area contributed by atoms with E-state index in [0.29, 0.717) is 10.9 Å². The van der Waals surface area contributed by atoms with Crippen LogP contribution in [0.2, 0.25) is 5.02 Å². The lowest BCUT2D eigenvalue weighted by Gasteiger charge is -2.02. The number of nitrogens with zero attached hydrogens (tertiary/aromatic N) is 3. The summed E-state index contributed by atoms with van der Waals surface area (Å²) in [5, 5.41) is 9.49. The molecule has 1 aliphatic rings. The molecule has 1 aliphatic heterocycles. The molecule has 1 aromatic carbocycles. The van der Waals surface area contributed by atoms with Crippen molar-refractivity contribution in [2.24, 2.45) is 0 Å². The molecule has 136 valence electrons. The Morgan fingerprint density at radius 3 is 3.00 bits per heavy atom. The zero-order valence-electron chi connectivity index (χ0n) is 13.9. The van der Waals surface area contributed by atoms with E-state index in [9.17, 15) is 4.79 Å². The molecule has 0 saturated carbocycles. The van der Waals surface area contributed by atoms with Gasteiger partial charge in [-0.05, 0) is 12.1 Å². The molecule has 0 fully saturated rings. The molecule has 0 spiro atoms. The Morgan fingerprint density at radius 1 is 1.30 bits per heavy atom. The summed E-state index contributed by atoms with van der Waals surface area (Å²) in [6.07, 6.45) is 2.18. The van der Waals surface area contributed by atoms with Gasteiger partial charge in [0.05, 0.1) is 23.4 Å². The predicted octanol–water partition coefficient (Wildman–Crippen LogP) is 4.63. The quantitative estimate of drug-likeness (QED) is 0.525. The lowest BCUT2D eigenvalue weighted by molar-refractivity contribution is -0.115. The number of aromatic nitrogens is 3. The van der Waals surface area contributed by atoms with E-state index in [4.69, 9.17) is 16.1 Å². The first kappa shape index (κ1) is 16.9. The Kier molecular flexibility index (Phi) is 4.18. The van der Waals surface area contributed by atoms with E-state index in [1.807, 2.05) is 40.2 Å². The van der Waals surface area contributed by atoms with Crippen molar-refractivity contribution in [2.45, 2.75) is 17.9 Å². The molecule has 9 heteroatoms. The van der Waals surface area contributed by atoms with Crippen molar-refractivity contribution in [2.75, 3.05) is 5.32 Å². The summed E-state index contributed by atoms with van der Waals surface area (Å²) < 4.78 is 7.22. The van der Waals surface area contributed by atoms with Gasteiger partial charge in [0.1, 0.15) is 0 Å². The maximum atomic E-state index is 12.5. The number of anilines is 1. The second-order valence-electron chi connectivity index (χ2n) is 6.17. The van der Waals surface area contributed by atoms with Crippen LogP contribution < -0.4 is 5.32 Å². The average molecular weight is 417 g/mol. The molecule has 27 heavy (non-hydrogen) atoms. The standard InChI is InChI=1S/C18H13ClN4O2S2/c19-11-3-1-10(2-4-11)14-6-23-12(7-27-18(23)20-14)5-16(24)21-17-13-8-26-9-15(13)22-25-17/h1-4,6-7H,5,8-9H2,(H,21,24). The monoisotopic (exact) mass is 416 g/mol. The maximum absolute atomic E-state index is 12.5. The van der Waals surface area contributed by atoms with Crippen molar-refractivity contribution < 1.29 is 9.32 Å². The summed E-state index contributed by atoms with van der Waals surface area (Å²) in [7, 11) is 0. The van der Waals surface area contributed by atoms with Crippen LogP contribution in [-0.4, -0.2) is 20.4 Å². The van der Waals surface area contributed by atoms with Gasteiger partial charge in [0, 0.05) is 39.4 Å². The number of carbonyl (C=O) groups excluding carboxylic acids is 1. The number of nitrogens with one attached hydrogen (secondary N) is 1. The zero-order valence-corrected chi connectivity index (χ0v) is 16.3. The van der Waals surface area contributed by atoms with Crippen molar-refractivity contribution >= 4 is 51.5 Å². The predicted molar refractivity (Wildman–Crippen MR) is 107 cm³/mol. The fourth-order valence-electron chi connectivity index (χ4n) is 3.00. The molecule has 0 atom stereocenters. The number of fused-ring (bicyclic) bond motifs is 2. The van der Waals surface area contributed by atoms with E-state index in [-0.39, 0.29) is 12.3 Å². The highest BCUT2D eigenvalue weighted by Crippen LogP contribution is 2.34. The number of carbonyl (C=O) groups is 1. The Hall–Kier alpha value is -2.29. The molecule has 0 aliphatic carbocycles. The van der Waals surface area contributed by atoms with E-state index < -0.39 is 0 Å². The van der Waals surface area contributed by atoms with Gasteiger partial charge >= 0.3 is 0 Å². The first-order chi connectivity index (χ1) is 13.2. The molecule has 4 aromatic rings. The van der Waals surface area contributed by atoms with Gasteiger partial charge in [0.25, 0.3) is 0 Å². The van der Waals surface area contributed by atoms with Crippen molar-refractivity contribution in [1.82, 2.24) is 14.5 Å². The molecular weight excluding hydrogens is 404 g/mol. The number of rotatable bonds is 4. The molecule has 3 aromatic heterocycles.